The van der Waals surface area contributed by atoms with Crippen molar-refractivity contribution in [3.8, 4) is 0 Å². The van der Waals surface area contributed by atoms with E-state index in [4.69, 9.17) is 9.26 Å². The highest BCUT2D eigenvalue weighted by Gasteiger charge is 2.28. The van der Waals surface area contributed by atoms with Crippen molar-refractivity contribution in [2.45, 2.75) is 25.4 Å². The molecule has 0 N–H and O–H groups in total. The van der Waals surface area contributed by atoms with Gasteiger partial charge in [-0.3, -0.25) is 0 Å². The van der Waals surface area contributed by atoms with Gasteiger partial charge in [0.2, 0.25) is 0 Å². The Hall–Kier alpha value is -0.900. The highest BCUT2D eigenvalue weighted by molar-refractivity contribution is 5.02. The summed E-state index contributed by atoms with van der Waals surface area (Å²) in [5.74, 6) is 1.98. The van der Waals surface area contributed by atoms with Crippen molar-refractivity contribution in [3.63, 3.8) is 0 Å². The standard InChI is InChI=1S/C7H10N2O2/c1-10-4-6-8-7(9-11-6)5-2-3-5/h5H,2-4H2,1H3. The Morgan fingerprint density at radius 3 is 3.09 bits per heavy atom. The van der Waals surface area contributed by atoms with Crippen LogP contribution in [0.2, 0.25) is 0 Å². The zero-order chi connectivity index (χ0) is 7.68. The van der Waals surface area contributed by atoms with Crippen LogP contribution in [0.5, 0.6) is 0 Å². The first kappa shape index (κ1) is 6.79. The van der Waals surface area contributed by atoms with Crippen molar-refractivity contribution in [2.75, 3.05) is 7.11 Å². The Morgan fingerprint density at radius 1 is 1.64 bits per heavy atom. The summed E-state index contributed by atoms with van der Waals surface area (Å²) >= 11 is 0. The van der Waals surface area contributed by atoms with E-state index in [2.05, 4.69) is 10.1 Å². The van der Waals surface area contributed by atoms with Gasteiger partial charge in [0.15, 0.2) is 5.82 Å². The number of aromatic nitrogens is 2. The molecule has 0 atom stereocenters. The summed E-state index contributed by atoms with van der Waals surface area (Å²) in [5.41, 5.74) is 0. The van der Waals surface area contributed by atoms with Gasteiger partial charge >= 0.3 is 0 Å². The molecule has 1 saturated carbocycles. The predicted molar refractivity (Wildman–Crippen MR) is 37.0 cm³/mol. The van der Waals surface area contributed by atoms with Gasteiger partial charge in [0.05, 0.1) is 0 Å². The highest BCUT2D eigenvalue weighted by atomic mass is 16.5. The van der Waals surface area contributed by atoms with Crippen molar-refractivity contribution >= 4 is 0 Å². The Bertz CT molecular complexity index is 242. The normalized spacial score (nSPS) is 17.2. The van der Waals surface area contributed by atoms with Gasteiger partial charge in [0.25, 0.3) is 5.89 Å². The van der Waals surface area contributed by atoms with Gasteiger partial charge in [-0.1, -0.05) is 5.16 Å². The molecule has 0 amide bonds. The van der Waals surface area contributed by atoms with Crippen LogP contribution in [0.4, 0.5) is 0 Å². The molecule has 1 heterocycles. The van der Waals surface area contributed by atoms with Crippen molar-refractivity contribution in [3.05, 3.63) is 11.7 Å². The van der Waals surface area contributed by atoms with Crippen LogP contribution in [-0.4, -0.2) is 17.3 Å². The fraction of sp³-hybridized carbons (Fsp3) is 0.714. The zero-order valence-corrected chi connectivity index (χ0v) is 6.41. The second-order valence-electron chi connectivity index (χ2n) is 2.75. The molecular formula is C7H10N2O2. The van der Waals surface area contributed by atoms with Gasteiger partial charge in [0, 0.05) is 13.0 Å². The SMILES string of the molecule is COCc1nc(C2CC2)no1. The zero-order valence-electron chi connectivity index (χ0n) is 6.41. The van der Waals surface area contributed by atoms with E-state index in [9.17, 15) is 0 Å². The summed E-state index contributed by atoms with van der Waals surface area (Å²) in [6, 6.07) is 0. The van der Waals surface area contributed by atoms with Crippen molar-refractivity contribution in [1.82, 2.24) is 10.1 Å². The fourth-order valence-electron chi connectivity index (χ4n) is 0.957. The largest absolute Gasteiger partial charge is 0.375 e. The van der Waals surface area contributed by atoms with Crippen LogP contribution in [0, 0.1) is 0 Å². The van der Waals surface area contributed by atoms with Gasteiger partial charge in [-0.25, -0.2) is 0 Å². The Labute approximate surface area is 64.5 Å². The molecule has 60 valence electrons. The van der Waals surface area contributed by atoms with Crippen LogP contribution in [0.1, 0.15) is 30.5 Å². The second kappa shape index (κ2) is 2.62. The minimum Gasteiger partial charge on any atom is -0.375 e. The summed E-state index contributed by atoms with van der Waals surface area (Å²) in [5, 5.41) is 3.83. The van der Waals surface area contributed by atoms with Crippen LogP contribution in [-0.2, 0) is 11.3 Å². The van der Waals surface area contributed by atoms with Crippen LogP contribution in [0.3, 0.4) is 0 Å². The fourth-order valence-corrected chi connectivity index (χ4v) is 0.957. The molecule has 11 heavy (non-hydrogen) atoms. The minimum atomic E-state index is 0.416. The lowest BCUT2D eigenvalue weighted by Crippen LogP contribution is -1.87. The predicted octanol–water partition coefficient (Wildman–Crippen LogP) is 1.09. The quantitative estimate of drug-likeness (QED) is 0.654. The smallest absolute Gasteiger partial charge is 0.252 e. The van der Waals surface area contributed by atoms with Gasteiger partial charge < -0.3 is 9.26 Å². The average Bonchev–Trinajstić information content (AvgIpc) is 2.75. The van der Waals surface area contributed by atoms with Gasteiger partial charge in [0.1, 0.15) is 6.61 Å². The number of nitrogens with zero attached hydrogens (tertiary/aromatic N) is 2. The Kier molecular flexibility index (Phi) is 1.62. The Morgan fingerprint density at radius 2 is 2.45 bits per heavy atom. The first-order chi connectivity index (χ1) is 5.40. The van der Waals surface area contributed by atoms with Crippen LogP contribution in [0.25, 0.3) is 0 Å². The molecule has 0 saturated heterocycles. The molecule has 4 heteroatoms. The van der Waals surface area contributed by atoms with Crippen molar-refractivity contribution < 1.29 is 9.26 Å². The number of methoxy groups -OCH3 is 1. The van der Waals surface area contributed by atoms with E-state index >= 15 is 0 Å². The van der Waals surface area contributed by atoms with E-state index in [1.165, 1.54) is 12.8 Å². The molecule has 4 nitrogen and oxygen atoms in total. The molecule has 0 bridgehead atoms. The van der Waals surface area contributed by atoms with Crippen molar-refractivity contribution in [2.24, 2.45) is 0 Å². The van der Waals surface area contributed by atoms with Crippen LogP contribution < -0.4 is 0 Å². The van der Waals surface area contributed by atoms with E-state index in [1.807, 2.05) is 0 Å². The maximum absolute atomic E-state index is 4.92. The van der Waals surface area contributed by atoms with Gasteiger partial charge in [-0.15, -0.1) is 0 Å². The molecule has 0 aromatic carbocycles. The molecule has 0 aliphatic heterocycles. The van der Waals surface area contributed by atoms with E-state index in [0.717, 1.165) is 5.82 Å². The lowest BCUT2D eigenvalue weighted by molar-refractivity contribution is 0.151. The first-order valence-electron chi connectivity index (χ1n) is 3.71. The van der Waals surface area contributed by atoms with Crippen molar-refractivity contribution in [1.29, 1.82) is 0 Å². The molecular weight excluding hydrogens is 144 g/mol. The summed E-state index contributed by atoms with van der Waals surface area (Å²) < 4.78 is 9.77. The highest BCUT2D eigenvalue weighted by Crippen LogP contribution is 2.38. The van der Waals surface area contributed by atoms with Crippen LogP contribution >= 0.6 is 0 Å². The van der Waals surface area contributed by atoms with E-state index in [-0.39, 0.29) is 0 Å². The topological polar surface area (TPSA) is 48.2 Å². The van der Waals surface area contributed by atoms with E-state index in [1.54, 1.807) is 7.11 Å². The average molecular weight is 154 g/mol. The summed E-state index contributed by atoms with van der Waals surface area (Å²) in [6.45, 7) is 0.416. The number of rotatable bonds is 3. The minimum absolute atomic E-state index is 0.416. The summed E-state index contributed by atoms with van der Waals surface area (Å²) in [7, 11) is 1.61. The monoisotopic (exact) mass is 154 g/mol. The van der Waals surface area contributed by atoms with E-state index < -0.39 is 0 Å². The number of hydrogen-bond donors (Lipinski definition) is 0. The molecule has 0 spiro atoms. The lowest BCUT2D eigenvalue weighted by Gasteiger charge is -1.86. The second-order valence-corrected chi connectivity index (χ2v) is 2.75. The van der Waals surface area contributed by atoms with Gasteiger partial charge in [-0.05, 0) is 12.8 Å². The third-order valence-corrected chi connectivity index (χ3v) is 1.69. The van der Waals surface area contributed by atoms with Gasteiger partial charge in [-0.2, -0.15) is 4.98 Å². The maximum atomic E-state index is 4.92. The molecule has 1 aliphatic carbocycles. The number of ether oxygens (including phenoxy) is 1. The van der Waals surface area contributed by atoms with Crippen LogP contribution in [0.15, 0.2) is 4.52 Å². The summed E-state index contributed by atoms with van der Waals surface area (Å²) in [6.07, 6.45) is 2.40. The molecule has 0 radical (unpaired) electrons. The summed E-state index contributed by atoms with van der Waals surface area (Å²) in [4.78, 5) is 4.16. The Balaban J connectivity index is 2.06. The first-order valence-corrected chi connectivity index (χ1v) is 3.71. The third kappa shape index (κ3) is 1.40. The molecule has 1 aromatic heterocycles. The number of hydrogen-bond acceptors (Lipinski definition) is 4. The molecule has 0 unspecified atom stereocenters. The maximum Gasteiger partial charge on any atom is 0.252 e. The third-order valence-electron chi connectivity index (χ3n) is 1.69. The molecule has 1 aromatic rings. The molecule has 1 fully saturated rings. The lowest BCUT2D eigenvalue weighted by atomic mass is 10.4. The van der Waals surface area contributed by atoms with E-state index in [0.29, 0.717) is 18.4 Å². The molecule has 2 rings (SSSR count). The molecule has 1 aliphatic rings.